The third kappa shape index (κ3) is 4.84. The lowest BCUT2D eigenvalue weighted by molar-refractivity contribution is -0.113. The van der Waals surface area contributed by atoms with E-state index in [2.05, 4.69) is 11.4 Å². The van der Waals surface area contributed by atoms with Crippen molar-refractivity contribution in [2.45, 2.75) is 6.61 Å². The lowest BCUT2D eigenvalue weighted by Crippen LogP contribution is -2.30. The van der Waals surface area contributed by atoms with Crippen molar-refractivity contribution in [3.63, 3.8) is 0 Å². The highest BCUT2D eigenvalue weighted by atomic mass is 32.1. The third-order valence-corrected chi connectivity index (χ3v) is 5.24. The lowest BCUT2D eigenvalue weighted by atomic mass is 10.1. The number of methoxy groups -OCH3 is 1. The highest BCUT2D eigenvalue weighted by Crippen LogP contribution is 2.26. The van der Waals surface area contributed by atoms with E-state index in [0.29, 0.717) is 28.4 Å². The predicted molar refractivity (Wildman–Crippen MR) is 126 cm³/mol. The van der Waals surface area contributed by atoms with Crippen LogP contribution in [0.1, 0.15) is 16.7 Å². The van der Waals surface area contributed by atoms with Crippen LogP contribution in [-0.4, -0.2) is 18.1 Å². The molecular formula is C25H18FN3O3S. The van der Waals surface area contributed by atoms with E-state index in [1.54, 1.807) is 43.5 Å². The average Bonchev–Trinajstić information content (AvgIpc) is 3.11. The maximum atomic E-state index is 13.2. The first kappa shape index (κ1) is 22.0. The Bertz CT molecular complexity index is 1280. The zero-order valence-electron chi connectivity index (χ0n) is 17.5. The normalized spacial score (nSPS) is 14.2. The van der Waals surface area contributed by atoms with Gasteiger partial charge in [0.15, 0.2) is 5.11 Å². The van der Waals surface area contributed by atoms with E-state index in [4.69, 9.17) is 27.0 Å². The zero-order chi connectivity index (χ0) is 23.4. The molecule has 0 unspecified atom stereocenters. The van der Waals surface area contributed by atoms with Crippen LogP contribution in [0.5, 0.6) is 11.5 Å². The van der Waals surface area contributed by atoms with Gasteiger partial charge in [-0.3, -0.25) is 9.69 Å². The summed E-state index contributed by atoms with van der Waals surface area (Å²) in [5.41, 5.74) is 2.85. The Morgan fingerprint density at radius 1 is 1.12 bits per heavy atom. The minimum Gasteiger partial charge on any atom is -0.496 e. The molecule has 8 heteroatoms. The molecule has 6 nitrogen and oxygen atoms in total. The maximum Gasteiger partial charge on any atom is 0.281 e. The van der Waals surface area contributed by atoms with Gasteiger partial charge in [0.05, 0.1) is 24.4 Å². The molecule has 1 N–H and O–H groups in total. The highest BCUT2D eigenvalue weighted by Gasteiger charge is 2.32. The third-order valence-electron chi connectivity index (χ3n) is 4.96. The maximum absolute atomic E-state index is 13.2. The van der Waals surface area contributed by atoms with Gasteiger partial charge < -0.3 is 14.8 Å². The molecule has 0 radical (unpaired) electrons. The summed E-state index contributed by atoms with van der Waals surface area (Å²) in [6.45, 7) is 0.230. The molecule has 0 spiro atoms. The van der Waals surface area contributed by atoms with Crippen molar-refractivity contribution in [3.8, 4) is 17.6 Å². The SMILES string of the molecule is COc1ccc(/C=C2/NC(=S)N(c3ccc(F)cc3)C2=O)cc1COc1ccc(C#N)cc1. The number of nitrogens with zero attached hydrogens (tertiary/aromatic N) is 2. The van der Waals surface area contributed by atoms with Crippen molar-refractivity contribution in [1.82, 2.24) is 5.32 Å². The first-order valence-electron chi connectivity index (χ1n) is 9.91. The van der Waals surface area contributed by atoms with E-state index < -0.39 is 5.82 Å². The van der Waals surface area contributed by atoms with Gasteiger partial charge in [0, 0.05) is 5.56 Å². The van der Waals surface area contributed by atoms with E-state index in [0.717, 1.165) is 11.1 Å². The van der Waals surface area contributed by atoms with Crippen molar-refractivity contribution in [2.75, 3.05) is 12.0 Å². The molecule has 1 heterocycles. The highest BCUT2D eigenvalue weighted by molar-refractivity contribution is 7.80. The van der Waals surface area contributed by atoms with Crippen molar-refractivity contribution in [1.29, 1.82) is 5.26 Å². The summed E-state index contributed by atoms with van der Waals surface area (Å²) in [6.07, 6.45) is 1.68. The van der Waals surface area contributed by atoms with Gasteiger partial charge in [-0.25, -0.2) is 4.39 Å². The van der Waals surface area contributed by atoms with E-state index in [1.807, 2.05) is 12.1 Å². The first-order chi connectivity index (χ1) is 16.0. The fourth-order valence-electron chi connectivity index (χ4n) is 3.31. The molecule has 1 aliphatic rings. The number of benzene rings is 3. The van der Waals surface area contributed by atoms with Crippen molar-refractivity contribution >= 4 is 35.0 Å². The molecule has 0 saturated carbocycles. The number of amides is 1. The van der Waals surface area contributed by atoms with E-state index >= 15 is 0 Å². The summed E-state index contributed by atoms with van der Waals surface area (Å²) >= 11 is 5.30. The number of ether oxygens (including phenoxy) is 2. The molecule has 1 amide bonds. The molecule has 0 aromatic heterocycles. The van der Waals surface area contributed by atoms with Crippen molar-refractivity contribution < 1.29 is 18.7 Å². The monoisotopic (exact) mass is 459 g/mol. The predicted octanol–water partition coefficient (Wildman–Crippen LogP) is 4.55. The molecule has 4 rings (SSSR count). The van der Waals surface area contributed by atoms with Crippen LogP contribution in [0.25, 0.3) is 6.08 Å². The van der Waals surface area contributed by atoms with E-state index in [9.17, 15) is 9.18 Å². The number of anilines is 1. The first-order valence-corrected chi connectivity index (χ1v) is 10.3. The quantitative estimate of drug-likeness (QED) is 0.431. The van der Waals surface area contributed by atoms with Crippen LogP contribution in [-0.2, 0) is 11.4 Å². The molecule has 3 aromatic carbocycles. The Kier molecular flexibility index (Phi) is 6.33. The summed E-state index contributed by atoms with van der Waals surface area (Å²) in [5.74, 6) is 0.527. The minimum absolute atomic E-state index is 0.218. The number of nitrogens with one attached hydrogen (secondary N) is 1. The number of halogens is 1. The Balaban J connectivity index is 1.55. The number of rotatable bonds is 6. The Hall–Kier alpha value is -4.22. The zero-order valence-corrected chi connectivity index (χ0v) is 18.4. The summed E-state index contributed by atoms with van der Waals surface area (Å²) in [6, 6.07) is 19.9. The molecule has 0 atom stereocenters. The second-order valence-corrected chi connectivity index (χ2v) is 7.49. The Morgan fingerprint density at radius 3 is 2.52 bits per heavy atom. The Labute approximate surface area is 195 Å². The van der Waals surface area contributed by atoms with Gasteiger partial charge in [-0.05, 0) is 84.5 Å². The van der Waals surface area contributed by atoms with Crippen LogP contribution in [0.4, 0.5) is 10.1 Å². The number of hydrogen-bond donors (Lipinski definition) is 1. The Morgan fingerprint density at radius 2 is 1.85 bits per heavy atom. The largest absolute Gasteiger partial charge is 0.496 e. The molecule has 164 valence electrons. The second kappa shape index (κ2) is 9.51. The van der Waals surface area contributed by atoms with Gasteiger partial charge >= 0.3 is 0 Å². The smallest absolute Gasteiger partial charge is 0.281 e. The van der Waals surface area contributed by atoms with Gasteiger partial charge in [0.25, 0.3) is 5.91 Å². The van der Waals surface area contributed by atoms with Gasteiger partial charge in [0.2, 0.25) is 0 Å². The molecule has 1 aliphatic heterocycles. The van der Waals surface area contributed by atoms with Crippen molar-refractivity contribution in [2.24, 2.45) is 0 Å². The number of nitriles is 1. The van der Waals surface area contributed by atoms with Crippen LogP contribution in [0, 0.1) is 17.1 Å². The molecule has 1 saturated heterocycles. The molecular weight excluding hydrogens is 441 g/mol. The summed E-state index contributed by atoms with van der Waals surface area (Å²) in [7, 11) is 1.57. The van der Waals surface area contributed by atoms with Crippen LogP contribution < -0.4 is 19.7 Å². The summed E-state index contributed by atoms with van der Waals surface area (Å²) in [4.78, 5) is 14.2. The molecule has 0 aliphatic carbocycles. The molecule has 0 bridgehead atoms. The van der Waals surface area contributed by atoms with Gasteiger partial charge in [0.1, 0.15) is 29.6 Å². The van der Waals surface area contributed by atoms with Gasteiger partial charge in [-0.2, -0.15) is 5.26 Å². The molecule has 33 heavy (non-hydrogen) atoms. The second-order valence-electron chi connectivity index (χ2n) is 7.10. The van der Waals surface area contributed by atoms with E-state index in [1.165, 1.54) is 29.2 Å². The average molecular weight is 460 g/mol. The number of thiocarbonyl (C=S) groups is 1. The summed E-state index contributed by atoms with van der Waals surface area (Å²) < 4.78 is 24.5. The number of carbonyl (C=O) groups excluding carboxylic acids is 1. The van der Waals surface area contributed by atoms with Crippen LogP contribution in [0.15, 0.2) is 72.4 Å². The van der Waals surface area contributed by atoms with Crippen LogP contribution in [0.2, 0.25) is 0 Å². The summed E-state index contributed by atoms with van der Waals surface area (Å²) in [5, 5.41) is 12.0. The van der Waals surface area contributed by atoms with Crippen LogP contribution in [0.3, 0.4) is 0 Å². The van der Waals surface area contributed by atoms with E-state index in [-0.39, 0.29) is 17.6 Å². The lowest BCUT2D eigenvalue weighted by Gasteiger charge is -2.13. The molecule has 1 fully saturated rings. The minimum atomic E-state index is -0.394. The van der Waals surface area contributed by atoms with Gasteiger partial charge in [-0.15, -0.1) is 0 Å². The fraction of sp³-hybridized carbons (Fsp3) is 0.0800. The van der Waals surface area contributed by atoms with Crippen molar-refractivity contribution in [3.05, 3.63) is 94.9 Å². The fourth-order valence-corrected chi connectivity index (χ4v) is 3.61. The number of hydrogen-bond acceptors (Lipinski definition) is 5. The number of carbonyl (C=O) groups is 1. The van der Waals surface area contributed by atoms with Gasteiger partial charge in [-0.1, -0.05) is 6.07 Å². The van der Waals surface area contributed by atoms with Crippen LogP contribution >= 0.6 is 12.2 Å². The topological polar surface area (TPSA) is 74.6 Å². The standard InChI is InChI=1S/C25H18FN3O3S/c1-31-23-11-4-17(12-18(23)15-32-21-9-2-16(14-27)3-10-21)13-22-24(30)29(25(33)28-22)20-7-5-19(26)6-8-20/h2-13H,15H2,1H3,(H,28,33)/b22-13+. The molecule has 3 aromatic rings.